The Morgan fingerprint density at radius 2 is 2.00 bits per heavy atom. The summed E-state index contributed by atoms with van der Waals surface area (Å²) in [6.45, 7) is 3.94. The van der Waals surface area contributed by atoms with Crippen molar-refractivity contribution in [1.82, 2.24) is 9.97 Å². The molecule has 4 rings (SSSR count). The number of aromatic amines is 1. The number of oxazole rings is 1. The maximum atomic E-state index is 12.5. The Labute approximate surface area is 148 Å². The molecule has 26 heavy (non-hydrogen) atoms. The van der Waals surface area contributed by atoms with Gasteiger partial charge in [-0.2, -0.15) is 0 Å². The van der Waals surface area contributed by atoms with Gasteiger partial charge in [-0.25, -0.2) is 4.79 Å². The van der Waals surface area contributed by atoms with E-state index in [0.29, 0.717) is 16.8 Å². The molecule has 6 nitrogen and oxygen atoms in total. The topological polar surface area (TPSA) is 88.0 Å². The summed E-state index contributed by atoms with van der Waals surface area (Å²) < 4.78 is 4.96. The second kappa shape index (κ2) is 6.15. The first kappa shape index (κ1) is 16.1. The number of pyridine rings is 1. The maximum absolute atomic E-state index is 12.5. The van der Waals surface area contributed by atoms with Gasteiger partial charge in [0.05, 0.1) is 17.5 Å². The van der Waals surface area contributed by atoms with E-state index in [1.54, 1.807) is 18.2 Å². The zero-order valence-electron chi connectivity index (χ0n) is 14.4. The Morgan fingerprint density at radius 1 is 1.19 bits per heavy atom. The number of aryl methyl sites for hydroxylation is 2. The van der Waals surface area contributed by atoms with E-state index in [9.17, 15) is 9.59 Å². The second-order valence-electron chi connectivity index (χ2n) is 6.27. The Balaban J connectivity index is 1.61. The highest BCUT2D eigenvalue weighted by Crippen LogP contribution is 2.23. The highest BCUT2D eigenvalue weighted by Gasteiger charge is 2.13. The molecule has 0 aliphatic carbocycles. The van der Waals surface area contributed by atoms with Crippen molar-refractivity contribution >= 4 is 33.6 Å². The first-order chi connectivity index (χ1) is 12.5. The highest BCUT2D eigenvalue weighted by atomic mass is 16.4. The summed E-state index contributed by atoms with van der Waals surface area (Å²) in [5, 5.41) is 3.92. The van der Waals surface area contributed by atoms with Crippen LogP contribution in [0.15, 0.2) is 51.7 Å². The third-order valence-electron chi connectivity index (χ3n) is 4.53. The fourth-order valence-electron chi connectivity index (χ4n) is 3.23. The number of hydrogen-bond acceptors (Lipinski definition) is 4. The Morgan fingerprint density at radius 3 is 2.85 bits per heavy atom. The number of aromatic nitrogens is 2. The molecule has 2 aromatic carbocycles. The summed E-state index contributed by atoms with van der Waals surface area (Å²) in [5.74, 6) is -0.657. The molecular weight excluding hydrogens is 330 g/mol. The molecule has 2 aromatic heterocycles. The van der Waals surface area contributed by atoms with Crippen molar-refractivity contribution in [2.45, 2.75) is 20.3 Å². The molecular formula is C20H17N3O3. The van der Waals surface area contributed by atoms with E-state index in [-0.39, 0.29) is 12.3 Å². The smallest absolute Gasteiger partial charge is 0.408 e. The number of nitrogens with zero attached hydrogens (tertiary/aromatic N) is 1. The van der Waals surface area contributed by atoms with E-state index in [0.717, 1.165) is 27.7 Å². The number of amides is 1. The van der Waals surface area contributed by atoms with Gasteiger partial charge in [-0.15, -0.1) is 0 Å². The van der Waals surface area contributed by atoms with E-state index in [2.05, 4.69) is 15.3 Å². The minimum absolute atomic E-state index is 0.140. The minimum Gasteiger partial charge on any atom is -0.408 e. The number of anilines is 1. The molecule has 130 valence electrons. The Hall–Kier alpha value is -3.41. The highest BCUT2D eigenvalue weighted by molar-refractivity contribution is 5.95. The largest absolute Gasteiger partial charge is 0.417 e. The van der Waals surface area contributed by atoms with Gasteiger partial charge in [-0.05, 0) is 49.2 Å². The third kappa shape index (κ3) is 2.86. The lowest BCUT2D eigenvalue weighted by Gasteiger charge is -2.12. The average molecular weight is 347 g/mol. The number of hydrogen-bond donors (Lipinski definition) is 2. The number of nitrogens with one attached hydrogen (secondary N) is 2. The number of para-hydroxylation sites is 1. The molecule has 0 fully saturated rings. The molecule has 0 bridgehead atoms. The molecule has 0 spiro atoms. The summed E-state index contributed by atoms with van der Waals surface area (Å²) in [6, 6.07) is 12.9. The van der Waals surface area contributed by atoms with Crippen molar-refractivity contribution in [2.24, 2.45) is 0 Å². The summed E-state index contributed by atoms with van der Waals surface area (Å²) in [7, 11) is 0. The van der Waals surface area contributed by atoms with Crippen molar-refractivity contribution in [3.8, 4) is 0 Å². The summed E-state index contributed by atoms with van der Waals surface area (Å²) >= 11 is 0. The maximum Gasteiger partial charge on any atom is 0.417 e. The summed E-state index contributed by atoms with van der Waals surface area (Å²) in [5.41, 5.74) is 5.39. The molecule has 2 N–H and O–H groups in total. The molecule has 6 heteroatoms. The first-order valence-electron chi connectivity index (χ1n) is 8.29. The SMILES string of the molecule is Cc1nc2ccccc2c(C)c1CC(=O)Nc1ccc2oc(=O)[nH]c2c1. The standard InChI is InChI=1S/C20H17N3O3/c1-11-14-5-3-4-6-16(14)21-12(2)15(11)10-19(24)22-13-7-8-18-17(9-13)23-20(25)26-18/h3-9H,10H2,1-2H3,(H,22,24)(H,23,25). The van der Waals surface area contributed by atoms with Crippen LogP contribution in [0.1, 0.15) is 16.8 Å². The van der Waals surface area contributed by atoms with Crippen LogP contribution < -0.4 is 11.1 Å². The Bertz CT molecular complexity index is 1200. The number of H-pyrrole nitrogens is 1. The molecule has 4 aromatic rings. The van der Waals surface area contributed by atoms with Gasteiger partial charge in [0.2, 0.25) is 5.91 Å². The fraction of sp³-hybridized carbons (Fsp3) is 0.150. The lowest BCUT2D eigenvalue weighted by molar-refractivity contribution is -0.115. The molecule has 1 amide bonds. The first-order valence-corrected chi connectivity index (χ1v) is 8.29. The van der Waals surface area contributed by atoms with Crippen LogP contribution in [-0.4, -0.2) is 15.9 Å². The normalized spacial score (nSPS) is 11.2. The van der Waals surface area contributed by atoms with E-state index >= 15 is 0 Å². The van der Waals surface area contributed by atoms with Crippen LogP contribution in [0.3, 0.4) is 0 Å². The molecule has 2 heterocycles. The van der Waals surface area contributed by atoms with Crippen molar-refractivity contribution in [1.29, 1.82) is 0 Å². The van der Waals surface area contributed by atoms with Crippen LogP contribution in [-0.2, 0) is 11.2 Å². The van der Waals surface area contributed by atoms with Crippen LogP contribution in [0.25, 0.3) is 22.0 Å². The zero-order chi connectivity index (χ0) is 18.3. The van der Waals surface area contributed by atoms with E-state index in [1.807, 2.05) is 38.1 Å². The molecule has 0 unspecified atom stereocenters. The second-order valence-corrected chi connectivity index (χ2v) is 6.27. The van der Waals surface area contributed by atoms with E-state index < -0.39 is 5.76 Å². The van der Waals surface area contributed by atoms with Gasteiger partial charge in [0, 0.05) is 16.8 Å². The fourth-order valence-corrected chi connectivity index (χ4v) is 3.23. The monoisotopic (exact) mass is 347 g/mol. The van der Waals surface area contributed by atoms with Crippen molar-refractivity contribution < 1.29 is 9.21 Å². The summed E-state index contributed by atoms with van der Waals surface area (Å²) in [4.78, 5) is 30.9. The van der Waals surface area contributed by atoms with Crippen LogP contribution >= 0.6 is 0 Å². The number of fused-ring (bicyclic) bond motifs is 2. The average Bonchev–Trinajstić information content (AvgIpc) is 2.98. The van der Waals surface area contributed by atoms with Gasteiger partial charge >= 0.3 is 5.76 Å². The Kier molecular flexibility index (Phi) is 3.80. The van der Waals surface area contributed by atoms with Crippen LogP contribution in [0, 0.1) is 13.8 Å². The van der Waals surface area contributed by atoms with Crippen molar-refractivity contribution in [3.05, 3.63) is 69.8 Å². The third-order valence-corrected chi connectivity index (χ3v) is 4.53. The lowest BCUT2D eigenvalue weighted by Crippen LogP contribution is -2.16. The van der Waals surface area contributed by atoms with Gasteiger partial charge in [-0.1, -0.05) is 18.2 Å². The van der Waals surface area contributed by atoms with Gasteiger partial charge < -0.3 is 9.73 Å². The number of carbonyl (C=O) groups excluding carboxylic acids is 1. The quantitative estimate of drug-likeness (QED) is 0.594. The van der Waals surface area contributed by atoms with Gasteiger partial charge in [0.1, 0.15) is 0 Å². The van der Waals surface area contributed by atoms with Crippen molar-refractivity contribution in [2.75, 3.05) is 5.32 Å². The molecule has 0 radical (unpaired) electrons. The number of benzene rings is 2. The number of carbonyl (C=O) groups is 1. The van der Waals surface area contributed by atoms with E-state index in [1.165, 1.54) is 0 Å². The molecule has 0 saturated carbocycles. The van der Waals surface area contributed by atoms with E-state index in [4.69, 9.17) is 4.42 Å². The predicted molar refractivity (Wildman–Crippen MR) is 100 cm³/mol. The van der Waals surface area contributed by atoms with Crippen LogP contribution in [0.5, 0.6) is 0 Å². The minimum atomic E-state index is -0.517. The molecule has 0 atom stereocenters. The molecule has 0 aliphatic rings. The zero-order valence-corrected chi connectivity index (χ0v) is 14.4. The van der Waals surface area contributed by atoms with Gasteiger partial charge in [0.25, 0.3) is 0 Å². The van der Waals surface area contributed by atoms with Gasteiger partial charge in [-0.3, -0.25) is 14.8 Å². The summed E-state index contributed by atoms with van der Waals surface area (Å²) in [6.07, 6.45) is 0.232. The molecule has 0 saturated heterocycles. The lowest BCUT2D eigenvalue weighted by atomic mass is 9.99. The van der Waals surface area contributed by atoms with Crippen LogP contribution in [0.4, 0.5) is 5.69 Å². The van der Waals surface area contributed by atoms with Crippen molar-refractivity contribution in [3.63, 3.8) is 0 Å². The molecule has 0 aliphatic heterocycles. The van der Waals surface area contributed by atoms with Crippen LogP contribution in [0.2, 0.25) is 0 Å². The van der Waals surface area contributed by atoms with Gasteiger partial charge in [0.15, 0.2) is 5.58 Å². The predicted octanol–water partition coefficient (Wildman–Crippen LogP) is 3.47. The number of rotatable bonds is 3.